The average Bonchev–Trinajstić information content (AvgIpc) is 2.66. The zero-order chi connectivity index (χ0) is 14.7. The van der Waals surface area contributed by atoms with Crippen LogP contribution >= 0.6 is 0 Å². The van der Waals surface area contributed by atoms with Gasteiger partial charge in [0.1, 0.15) is 11.5 Å². The van der Waals surface area contributed by atoms with Crippen LogP contribution in [0, 0.1) is 6.92 Å². The zero-order valence-corrected chi connectivity index (χ0v) is 13.4. The van der Waals surface area contributed by atoms with Crippen molar-refractivity contribution in [3.8, 4) is 0 Å². The van der Waals surface area contributed by atoms with Gasteiger partial charge in [0.05, 0.1) is 18.8 Å². The smallest absolute Gasteiger partial charge is 0.118 e. The van der Waals surface area contributed by atoms with E-state index in [1.54, 1.807) is 0 Å². The molecule has 1 N–H and O–H groups in total. The van der Waals surface area contributed by atoms with E-state index >= 15 is 0 Å². The van der Waals surface area contributed by atoms with Crippen LogP contribution in [0.4, 0.5) is 0 Å². The lowest BCUT2D eigenvalue weighted by molar-refractivity contribution is -0.0705. The van der Waals surface area contributed by atoms with Crippen molar-refractivity contribution in [2.75, 3.05) is 13.1 Å². The molecular formula is C16H28N2O2. The van der Waals surface area contributed by atoms with Crippen molar-refractivity contribution in [1.29, 1.82) is 0 Å². The second-order valence-corrected chi connectivity index (χ2v) is 6.28. The summed E-state index contributed by atoms with van der Waals surface area (Å²) in [6, 6.07) is 2.67. The monoisotopic (exact) mass is 280 g/mol. The molecule has 2 atom stereocenters. The minimum Gasteiger partial charge on any atom is -0.465 e. The molecule has 1 saturated heterocycles. The van der Waals surface area contributed by atoms with Gasteiger partial charge in [-0.05, 0) is 26.8 Å². The molecule has 0 spiro atoms. The predicted octanol–water partition coefficient (Wildman–Crippen LogP) is 2.70. The van der Waals surface area contributed by atoms with Gasteiger partial charge in [-0.3, -0.25) is 4.90 Å². The fraction of sp³-hybridized carbons (Fsp3) is 0.750. The van der Waals surface area contributed by atoms with Crippen molar-refractivity contribution in [3.05, 3.63) is 23.2 Å². The van der Waals surface area contributed by atoms with Crippen molar-refractivity contribution in [3.63, 3.8) is 0 Å². The van der Waals surface area contributed by atoms with Crippen molar-refractivity contribution >= 4 is 0 Å². The van der Waals surface area contributed by atoms with Crippen molar-refractivity contribution in [2.24, 2.45) is 0 Å². The normalized spacial score (nSPS) is 24.5. The number of nitrogens with zero attached hydrogens (tertiary/aromatic N) is 1. The van der Waals surface area contributed by atoms with Gasteiger partial charge in [0, 0.05) is 31.2 Å². The van der Waals surface area contributed by atoms with Crippen LogP contribution < -0.4 is 5.32 Å². The lowest BCUT2D eigenvalue weighted by Gasteiger charge is -2.35. The third-order valence-electron chi connectivity index (χ3n) is 3.65. The first-order valence-electron chi connectivity index (χ1n) is 7.63. The maximum atomic E-state index is 5.84. The Bertz CT molecular complexity index is 418. The van der Waals surface area contributed by atoms with Gasteiger partial charge in [-0.15, -0.1) is 0 Å². The SMILES string of the molecule is Cc1oc(CNC(C)C)cc1CN1CC(C)OC(C)C1. The Kier molecular flexibility index (Phi) is 5.24. The van der Waals surface area contributed by atoms with Crippen LogP contribution in [0.15, 0.2) is 10.5 Å². The molecule has 1 aromatic heterocycles. The van der Waals surface area contributed by atoms with Gasteiger partial charge >= 0.3 is 0 Å². The molecule has 1 aliphatic heterocycles. The highest BCUT2D eigenvalue weighted by Gasteiger charge is 2.23. The van der Waals surface area contributed by atoms with Gasteiger partial charge < -0.3 is 14.5 Å². The summed E-state index contributed by atoms with van der Waals surface area (Å²) in [6.45, 7) is 14.4. The average molecular weight is 280 g/mol. The van der Waals surface area contributed by atoms with Gasteiger partial charge in [0.2, 0.25) is 0 Å². The second-order valence-electron chi connectivity index (χ2n) is 6.28. The van der Waals surface area contributed by atoms with E-state index in [1.165, 1.54) is 5.56 Å². The largest absolute Gasteiger partial charge is 0.465 e. The predicted molar refractivity (Wildman–Crippen MR) is 80.7 cm³/mol. The van der Waals surface area contributed by atoms with Crippen LogP contribution in [0.5, 0.6) is 0 Å². The molecule has 0 aromatic carbocycles. The Morgan fingerprint density at radius 3 is 2.55 bits per heavy atom. The van der Waals surface area contributed by atoms with Gasteiger partial charge in [-0.25, -0.2) is 0 Å². The summed E-state index contributed by atoms with van der Waals surface area (Å²) in [7, 11) is 0. The molecule has 0 aliphatic carbocycles. The van der Waals surface area contributed by atoms with E-state index in [0.717, 1.165) is 37.7 Å². The number of ether oxygens (including phenoxy) is 1. The first-order valence-corrected chi connectivity index (χ1v) is 7.63. The van der Waals surface area contributed by atoms with E-state index < -0.39 is 0 Å². The Morgan fingerprint density at radius 2 is 1.95 bits per heavy atom. The van der Waals surface area contributed by atoms with E-state index in [1.807, 2.05) is 0 Å². The third kappa shape index (κ3) is 4.33. The van der Waals surface area contributed by atoms with Gasteiger partial charge in [0.15, 0.2) is 0 Å². The molecule has 4 nitrogen and oxygen atoms in total. The molecular weight excluding hydrogens is 252 g/mol. The fourth-order valence-electron chi connectivity index (χ4n) is 2.79. The molecule has 1 aromatic rings. The van der Waals surface area contributed by atoms with E-state index in [4.69, 9.17) is 9.15 Å². The minimum absolute atomic E-state index is 0.313. The molecule has 1 aliphatic rings. The minimum atomic E-state index is 0.313. The van der Waals surface area contributed by atoms with E-state index in [9.17, 15) is 0 Å². The highest BCUT2D eigenvalue weighted by Crippen LogP contribution is 2.19. The zero-order valence-electron chi connectivity index (χ0n) is 13.4. The summed E-state index contributed by atoms with van der Waals surface area (Å²) in [6.07, 6.45) is 0.626. The first-order chi connectivity index (χ1) is 9.44. The summed E-state index contributed by atoms with van der Waals surface area (Å²) >= 11 is 0. The van der Waals surface area contributed by atoms with Crippen LogP contribution in [0.2, 0.25) is 0 Å². The maximum Gasteiger partial charge on any atom is 0.118 e. The summed E-state index contributed by atoms with van der Waals surface area (Å²) in [5, 5.41) is 3.39. The van der Waals surface area contributed by atoms with Crippen molar-refractivity contribution in [2.45, 2.75) is 66.0 Å². The fourth-order valence-corrected chi connectivity index (χ4v) is 2.79. The lowest BCUT2D eigenvalue weighted by Crippen LogP contribution is -2.44. The summed E-state index contributed by atoms with van der Waals surface area (Å²) < 4.78 is 11.6. The number of hydrogen-bond donors (Lipinski definition) is 1. The summed E-state index contributed by atoms with van der Waals surface area (Å²) in [5.74, 6) is 2.07. The van der Waals surface area contributed by atoms with Gasteiger partial charge in [-0.1, -0.05) is 13.8 Å². The molecule has 0 bridgehead atoms. The number of hydrogen-bond acceptors (Lipinski definition) is 4. The number of morpholine rings is 1. The van der Waals surface area contributed by atoms with Crippen LogP contribution in [-0.2, 0) is 17.8 Å². The Balaban J connectivity index is 1.95. The van der Waals surface area contributed by atoms with Gasteiger partial charge in [0.25, 0.3) is 0 Å². The maximum absolute atomic E-state index is 5.84. The van der Waals surface area contributed by atoms with E-state index in [0.29, 0.717) is 18.2 Å². The number of aryl methyl sites for hydroxylation is 1. The molecule has 20 heavy (non-hydrogen) atoms. The molecule has 0 saturated carbocycles. The van der Waals surface area contributed by atoms with Crippen molar-refractivity contribution in [1.82, 2.24) is 10.2 Å². The molecule has 4 heteroatoms. The van der Waals surface area contributed by atoms with E-state index in [2.05, 4.69) is 50.9 Å². The number of furan rings is 1. The first kappa shape index (κ1) is 15.5. The van der Waals surface area contributed by atoms with Crippen molar-refractivity contribution < 1.29 is 9.15 Å². The molecule has 114 valence electrons. The van der Waals surface area contributed by atoms with Crippen LogP contribution in [0.25, 0.3) is 0 Å². The van der Waals surface area contributed by atoms with Crippen LogP contribution in [-0.4, -0.2) is 36.2 Å². The molecule has 0 amide bonds. The highest BCUT2D eigenvalue weighted by molar-refractivity contribution is 5.21. The molecule has 2 unspecified atom stereocenters. The molecule has 1 fully saturated rings. The Morgan fingerprint density at radius 1 is 1.30 bits per heavy atom. The molecule has 2 rings (SSSR count). The highest BCUT2D eigenvalue weighted by atomic mass is 16.5. The standard InChI is InChI=1S/C16H28N2O2/c1-11(2)17-7-16-6-15(14(5)20-16)10-18-8-12(3)19-13(4)9-18/h6,11-13,17H,7-10H2,1-5H3. The van der Waals surface area contributed by atoms with Gasteiger partial charge in [-0.2, -0.15) is 0 Å². The summed E-state index contributed by atoms with van der Waals surface area (Å²) in [5.41, 5.74) is 1.30. The lowest BCUT2D eigenvalue weighted by atomic mass is 10.2. The van der Waals surface area contributed by atoms with Crippen LogP contribution in [0.1, 0.15) is 44.8 Å². The number of nitrogens with one attached hydrogen (secondary N) is 1. The van der Waals surface area contributed by atoms with Crippen LogP contribution in [0.3, 0.4) is 0 Å². The van der Waals surface area contributed by atoms with E-state index in [-0.39, 0.29) is 0 Å². The molecule has 0 radical (unpaired) electrons. The second kappa shape index (κ2) is 6.74. The Labute approximate surface area is 122 Å². The Hall–Kier alpha value is -0.840. The topological polar surface area (TPSA) is 37.6 Å². The number of rotatable bonds is 5. The third-order valence-corrected chi connectivity index (χ3v) is 3.65. The molecule has 2 heterocycles. The quantitative estimate of drug-likeness (QED) is 0.900. The summed E-state index contributed by atoms with van der Waals surface area (Å²) in [4.78, 5) is 2.45.